The molecule has 3 atom stereocenters. The van der Waals surface area contributed by atoms with Crippen LogP contribution in [0.5, 0.6) is 0 Å². The van der Waals surface area contributed by atoms with Crippen LogP contribution in [0.1, 0.15) is 31.7 Å². The first-order valence-corrected chi connectivity index (χ1v) is 7.41. The van der Waals surface area contributed by atoms with Gasteiger partial charge in [0.25, 0.3) is 5.91 Å². The van der Waals surface area contributed by atoms with Crippen LogP contribution in [-0.4, -0.2) is 47.3 Å². The number of carbonyl (C=O) groups excluding carboxylic acids is 1. The first kappa shape index (κ1) is 18.2. The first-order valence-electron chi connectivity index (χ1n) is 7.41. The van der Waals surface area contributed by atoms with Gasteiger partial charge in [0.05, 0.1) is 0 Å². The molecule has 0 aliphatic carbocycles. The van der Waals surface area contributed by atoms with Gasteiger partial charge in [0.2, 0.25) is 0 Å². The summed E-state index contributed by atoms with van der Waals surface area (Å²) in [5.41, 5.74) is 2.17. The first-order chi connectivity index (χ1) is 10.3. The van der Waals surface area contributed by atoms with E-state index in [4.69, 9.17) is 0 Å². The predicted molar refractivity (Wildman–Crippen MR) is 88.6 cm³/mol. The molecule has 1 aromatic rings. The molecule has 0 radical (unpaired) electrons. The van der Waals surface area contributed by atoms with Gasteiger partial charge in [-0.2, -0.15) is 0 Å². The summed E-state index contributed by atoms with van der Waals surface area (Å²) in [5, 5.41) is 22.7. The van der Waals surface area contributed by atoms with Gasteiger partial charge in [-0.25, -0.2) is 0 Å². The highest BCUT2D eigenvalue weighted by molar-refractivity contribution is 5.81. The molecule has 0 bridgehead atoms. The summed E-state index contributed by atoms with van der Waals surface area (Å²) in [6.45, 7) is 7.99. The summed E-state index contributed by atoms with van der Waals surface area (Å²) in [4.78, 5) is 12.9. The number of hydrogen-bond acceptors (Lipinski definition) is 4. The summed E-state index contributed by atoms with van der Waals surface area (Å²) >= 11 is 0. The fourth-order valence-electron chi connectivity index (χ4n) is 1.98. The molecule has 3 N–H and O–H groups in total. The third-order valence-electron chi connectivity index (χ3n) is 3.75. The van der Waals surface area contributed by atoms with Gasteiger partial charge in [-0.05, 0) is 30.0 Å². The lowest BCUT2D eigenvalue weighted by Crippen LogP contribution is -2.43. The zero-order valence-electron chi connectivity index (χ0n) is 13.7. The maximum absolute atomic E-state index is 11.6. The van der Waals surface area contributed by atoms with Crippen molar-refractivity contribution in [2.75, 3.05) is 19.4 Å². The van der Waals surface area contributed by atoms with Crippen molar-refractivity contribution >= 4 is 11.6 Å². The summed E-state index contributed by atoms with van der Waals surface area (Å²) < 4.78 is 0. The number of aliphatic hydroxyl groups excluding tert-OH is 2. The third kappa shape index (κ3) is 4.58. The SMILES string of the molecule is C=C(Nc1ccc(C(C)CC)cc1)C(O)C(O)C(=O)N(C)C. The molecule has 1 rings (SSSR count). The van der Waals surface area contributed by atoms with Crippen molar-refractivity contribution in [2.24, 2.45) is 0 Å². The molecule has 1 amide bonds. The molecule has 0 saturated carbocycles. The molecular weight excluding hydrogens is 280 g/mol. The van der Waals surface area contributed by atoms with Crippen LogP contribution < -0.4 is 5.32 Å². The molecule has 0 heterocycles. The number of rotatable bonds is 7. The standard InChI is InChI=1S/C17H26N2O3/c1-6-11(2)13-7-9-14(10-8-13)18-12(3)15(20)16(21)17(22)19(4)5/h7-11,15-16,18,20-21H,3,6H2,1-2,4-5H3. The Bertz CT molecular complexity index is 511. The molecule has 22 heavy (non-hydrogen) atoms. The third-order valence-corrected chi connectivity index (χ3v) is 3.75. The maximum Gasteiger partial charge on any atom is 0.254 e. The van der Waals surface area contributed by atoms with Crippen molar-refractivity contribution in [3.63, 3.8) is 0 Å². The van der Waals surface area contributed by atoms with Gasteiger partial charge in [0.1, 0.15) is 6.10 Å². The van der Waals surface area contributed by atoms with Crippen LogP contribution in [0.15, 0.2) is 36.5 Å². The van der Waals surface area contributed by atoms with E-state index in [1.54, 1.807) is 0 Å². The van der Waals surface area contributed by atoms with Gasteiger partial charge >= 0.3 is 0 Å². The molecule has 0 saturated heterocycles. The largest absolute Gasteiger partial charge is 0.384 e. The quantitative estimate of drug-likeness (QED) is 0.720. The van der Waals surface area contributed by atoms with Crippen LogP contribution in [0.25, 0.3) is 0 Å². The van der Waals surface area contributed by atoms with E-state index in [1.165, 1.54) is 24.6 Å². The summed E-state index contributed by atoms with van der Waals surface area (Å²) in [7, 11) is 3.03. The second-order valence-corrected chi connectivity index (χ2v) is 5.70. The highest BCUT2D eigenvalue weighted by atomic mass is 16.3. The Balaban J connectivity index is 2.70. The van der Waals surface area contributed by atoms with Crippen LogP contribution in [-0.2, 0) is 4.79 Å². The highest BCUT2D eigenvalue weighted by Gasteiger charge is 2.27. The van der Waals surface area contributed by atoms with E-state index in [0.29, 0.717) is 5.92 Å². The van der Waals surface area contributed by atoms with Gasteiger partial charge in [0.15, 0.2) is 6.10 Å². The number of likely N-dealkylation sites (N-methyl/N-ethyl adjacent to an activating group) is 1. The Morgan fingerprint density at radius 3 is 2.23 bits per heavy atom. The van der Waals surface area contributed by atoms with Crippen LogP contribution in [0.4, 0.5) is 5.69 Å². The number of anilines is 1. The molecule has 0 aliphatic rings. The molecule has 0 aliphatic heterocycles. The van der Waals surface area contributed by atoms with Crippen LogP contribution in [0.3, 0.4) is 0 Å². The van der Waals surface area contributed by atoms with Crippen molar-refractivity contribution in [2.45, 2.75) is 38.4 Å². The molecule has 5 nitrogen and oxygen atoms in total. The van der Waals surface area contributed by atoms with Crippen molar-refractivity contribution in [1.29, 1.82) is 0 Å². The lowest BCUT2D eigenvalue weighted by Gasteiger charge is -2.23. The Labute approximate surface area is 132 Å². The van der Waals surface area contributed by atoms with E-state index in [0.717, 1.165) is 12.1 Å². The fraction of sp³-hybridized carbons (Fsp3) is 0.471. The van der Waals surface area contributed by atoms with E-state index in [9.17, 15) is 15.0 Å². The Kier molecular flexibility index (Phi) is 6.59. The predicted octanol–water partition coefficient (Wildman–Crippen LogP) is 1.94. The highest BCUT2D eigenvalue weighted by Crippen LogP contribution is 2.21. The zero-order chi connectivity index (χ0) is 16.9. The van der Waals surface area contributed by atoms with E-state index in [1.807, 2.05) is 24.3 Å². The molecule has 3 unspecified atom stereocenters. The smallest absolute Gasteiger partial charge is 0.254 e. The minimum atomic E-state index is -1.53. The second-order valence-electron chi connectivity index (χ2n) is 5.70. The second kappa shape index (κ2) is 7.96. The van der Waals surface area contributed by atoms with Crippen molar-refractivity contribution in [3.8, 4) is 0 Å². The van der Waals surface area contributed by atoms with E-state index in [-0.39, 0.29) is 5.70 Å². The number of carbonyl (C=O) groups is 1. The van der Waals surface area contributed by atoms with Gasteiger partial charge in [0, 0.05) is 25.5 Å². The number of hydrogen-bond donors (Lipinski definition) is 3. The molecule has 122 valence electrons. The van der Waals surface area contributed by atoms with Crippen LogP contribution in [0.2, 0.25) is 0 Å². The fourth-order valence-corrected chi connectivity index (χ4v) is 1.98. The van der Waals surface area contributed by atoms with Crippen molar-refractivity contribution in [3.05, 3.63) is 42.1 Å². The van der Waals surface area contributed by atoms with E-state index in [2.05, 4.69) is 25.7 Å². The number of nitrogens with zero attached hydrogens (tertiary/aromatic N) is 1. The summed E-state index contributed by atoms with van der Waals surface area (Å²) in [6.07, 6.45) is -1.84. The molecule has 5 heteroatoms. The number of nitrogens with one attached hydrogen (secondary N) is 1. The monoisotopic (exact) mass is 306 g/mol. The van der Waals surface area contributed by atoms with E-state index < -0.39 is 18.1 Å². The Morgan fingerprint density at radius 1 is 1.23 bits per heavy atom. The van der Waals surface area contributed by atoms with Crippen molar-refractivity contribution < 1.29 is 15.0 Å². The average Bonchev–Trinajstić information content (AvgIpc) is 2.52. The molecule has 0 aromatic heterocycles. The average molecular weight is 306 g/mol. The van der Waals surface area contributed by atoms with Gasteiger partial charge in [-0.1, -0.05) is 32.6 Å². The minimum absolute atomic E-state index is 0.180. The van der Waals surface area contributed by atoms with Crippen LogP contribution >= 0.6 is 0 Å². The number of amides is 1. The Morgan fingerprint density at radius 2 is 1.77 bits per heavy atom. The molecule has 0 spiro atoms. The molecular formula is C17H26N2O3. The van der Waals surface area contributed by atoms with E-state index >= 15 is 0 Å². The van der Waals surface area contributed by atoms with Gasteiger partial charge in [-0.15, -0.1) is 0 Å². The lowest BCUT2D eigenvalue weighted by atomic mass is 9.98. The molecule has 0 fully saturated rings. The molecule has 1 aromatic carbocycles. The summed E-state index contributed by atoms with van der Waals surface area (Å²) in [5.74, 6) is -0.0788. The minimum Gasteiger partial charge on any atom is -0.384 e. The van der Waals surface area contributed by atoms with Crippen LogP contribution in [0, 0.1) is 0 Å². The lowest BCUT2D eigenvalue weighted by molar-refractivity contribution is -0.142. The summed E-state index contributed by atoms with van der Waals surface area (Å²) in [6, 6.07) is 7.80. The number of aliphatic hydroxyl groups is 2. The maximum atomic E-state index is 11.6. The van der Waals surface area contributed by atoms with Gasteiger partial charge in [-0.3, -0.25) is 4.79 Å². The topological polar surface area (TPSA) is 72.8 Å². The number of benzene rings is 1. The Hall–Kier alpha value is -1.85. The normalized spacial score (nSPS) is 14.8. The zero-order valence-corrected chi connectivity index (χ0v) is 13.7. The van der Waals surface area contributed by atoms with Crippen molar-refractivity contribution in [1.82, 2.24) is 4.90 Å². The van der Waals surface area contributed by atoms with Gasteiger partial charge < -0.3 is 20.4 Å².